The summed E-state index contributed by atoms with van der Waals surface area (Å²) in [5.41, 5.74) is 3.47. The Balaban J connectivity index is 1.76. The third-order valence-corrected chi connectivity index (χ3v) is 6.83. The van der Waals surface area contributed by atoms with Gasteiger partial charge in [-0.1, -0.05) is 35.9 Å². The molecule has 1 aliphatic heterocycles. The summed E-state index contributed by atoms with van der Waals surface area (Å²) in [4.78, 5) is 40.0. The van der Waals surface area contributed by atoms with Crippen LogP contribution in [0.1, 0.15) is 22.9 Å². The SMILES string of the molecule is Cc1cccc(-c2c3c(=O)n(C)c(=O)n(C)c3c3n2CCO[C@H]3c2coc3ccccc3c2=O)c1. The highest BCUT2D eigenvalue weighted by molar-refractivity contribution is 5.96. The van der Waals surface area contributed by atoms with Crippen LogP contribution in [-0.4, -0.2) is 20.3 Å². The van der Waals surface area contributed by atoms with Crippen molar-refractivity contribution in [3.8, 4) is 11.3 Å². The van der Waals surface area contributed by atoms with Crippen LogP contribution in [0.4, 0.5) is 0 Å². The minimum Gasteiger partial charge on any atom is -0.464 e. The largest absolute Gasteiger partial charge is 0.464 e. The maximum atomic E-state index is 13.5. The summed E-state index contributed by atoms with van der Waals surface area (Å²) in [6, 6.07) is 14.9. The number of benzene rings is 2. The number of ether oxygens (including phenoxy) is 1. The van der Waals surface area contributed by atoms with E-state index in [4.69, 9.17) is 9.15 Å². The Bertz CT molecular complexity index is 1840. The Morgan fingerprint density at radius 3 is 2.57 bits per heavy atom. The molecule has 8 heteroatoms. The zero-order valence-corrected chi connectivity index (χ0v) is 19.6. The van der Waals surface area contributed by atoms with Crippen LogP contribution in [0.15, 0.2) is 73.6 Å². The van der Waals surface area contributed by atoms with Gasteiger partial charge in [0.05, 0.1) is 39.8 Å². The first-order valence-corrected chi connectivity index (χ1v) is 11.4. The van der Waals surface area contributed by atoms with E-state index in [0.717, 1.165) is 15.7 Å². The fraction of sp³-hybridized carbons (Fsp3) is 0.222. The summed E-state index contributed by atoms with van der Waals surface area (Å²) in [6.07, 6.45) is 0.623. The topological polar surface area (TPSA) is 88.4 Å². The molecule has 0 fully saturated rings. The molecule has 0 radical (unpaired) electrons. The number of para-hydroxylation sites is 1. The molecule has 0 amide bonds. The Hall–Kier alpha value is -4.17. The van der Waals surface area contributed by atoms with E-state index in [0.29, 0.717) is 52.0 Å². The first-order valence-electron chi connectivity index (χ1n) is 11.4. The number of fused-ring (bicyclic) bond motifs is 4. The van der Waals surface area contributed by atoms with Gasteiger partial charge < -0.3 is 13.7 Å². The van der Waals surface area contributed by atoms with Crippen molar-refractivity contribution in [2.75, 3.05) is 6.61 Å². The van der Waals surface area contributed by atoms with Gasteiger partial charge in [-0.25, -0.2) is 4.79 Å². The van der Waals surface area contributed by atoms with Gasteiger partial charge in [0.2, 0.25) is 0 Å². The maximum Gasteiger partial charge on any atom is 0.331 e. The van der Waals surface area contributed by atoms with Gasteiger partial charge in [-0.3, -0.25) is 18.7 Å². The molecule has 8 nitrogen and oxygen atoms in total. The number of aromatic nitrogens is 3. The third kappa shape index (κ3) is 2.99. The van der Waals surface area contributed by atoms with Crippen LogP contribution in [0.3, 0.4) is 0 Å². The molecule has 6 rings (SSSR count). The summed E-state index contributed by atoms with van der Waals surface area (Å²) < 4.78 is 16.5. The van der Waals surface area contributed by atoms with Gasteiger partial charge in [-0.2, -0.15) is 0 Å². The van der Waals surface area contributed by atoms with E-state index >= 15 is 0 Å². The molecule has 35 heavy (non-hydrogen) atoms. The molecule has 4 heterocycles. The Morgan fingerprint density at radius 1 is 0.971 bits per heavy atom. The zero-order chi connectivity index (χ0) is 24.4. The van der Waals surface area contributed by atoms with Crippen molar-refractivity contribution in [3.05, 3.63) is 103 Å². The second kappa shape index (κ2) is 7.68. The van der Waals surface area contributed by atoms with Gasteiger partial charge in [0.1, 0.15) is 18.0 Å². The molecule has 1 atom stereocenters. The fourth-order valence-corrected chi connectivity index (χ4v) is 5.18. The number of aryl methyl sites for hydroxylation is 2. The van der Waals surface area contributed by atoms with Gasteiger partial charge in [-0.05, 0) is 30.7 Å². The monoisotopic (exact) mass is 469 g/mol. The minimum atomic E-state index is -0.802. The molecule has 0 unspecified atom stereocenters. The summed E-state index contributed by atoms with van der Waals surface area (Å²) in [7, 11) is 3.12. The van der Waals surface area contributed by atoms with Gasteiger partial charge in [0.25, 0.3) is 5.56 Å². The molecule has 176 valence electrons. The van der Waals surface area contributed by atoms with Crippen LogP contribution in [0.2, 0.25) is 0 Å². The first kappa shape index (κ1) is 21.4. The second-order valence-corrected chi connectivity index (χ2v) is 8.95. The lowest BCUT2D eigenvalue weighted by molar-refractivity contribution is 0.0463. The average Bonchev–Trinajstić information content (AvgIpc) is 3.22. The van der Waals surface area contributed by atoms with Crippen molar-refractivity contribution in [2.24, 2.45) is 14.1 Å². The van der Waals surface area contributed by atoms with E-state index in [1.807, 2.05) is 35.8 Å². The molecule has 0 saturated heterocycles. The lowest BCUT2D eigenvalue weighted by Crippen LogP contribution is -2.37. The van der Waals surface area contributed by atoms with Crippen LogP contribution in [0, 0.1) is 6.92 Å². The van der Waals surface area contributed by atoms with Crippen LogP contribution in [0.25, 0.3) is 33.1 Å². The van der Waals surface area contributed by atoms with Crippen molar-refractivity contribution < 1.29 is 9.15 Å². The lowest BCUT2D eigenvalue weighted by Gasteiger charge is -2.27. The molecule has 0 spiro atoms. The Morgan fingerprint density at radius 2 is 1.77 bits per heavy atom. The minimum absolute atomic E-state index is 0.203. The van der Waals surface area contributed by atoms with Crippen molar-refractivity contribution >= 4 is 21.9 Å². The Kier molecular flexibility index (Phi) is 4.69. The van der Waals surface area contributed by atoms with Crippen molar-refractivity contribution in [1.29, 1.82) is 0 Å². The highest BCUT2D eigenvalue weighted by atomic mass is 16.5. The van der Waals surface area contributed by atoms with Gasteiger partial charge >= 0.3 is 5.69 Å². The summed E-state index contributed by atoms with van der Waals surface area (Å²) in [6.45, 7) is 2.80. The zero-order valence-electron chi connectivity index (χ0n) is 19.6. The molecule has 5 aromatic rings. The van der Waals surface area contributed by atoms with E-state index in [1.165, 1.54) is 17.9 Å². The van der Waals surface area contributed by atoms with E-state index in [1.54, 1.807) is 31.3 Å². The standard InChI is InChI=1S/C27H23N3O5/c1-15-7-6-8-16(13-15)21-20-22(28(2)27(33)29(3)26(20)32)23-25(34-12-11-30(21)23)18-14-35-19-10-5-4-9-17(19)24(18)31/h4-10,13-14,25H,11-12H2,1-3H3/t25-/m0/s1. The number of rotatable bonds is 2. The first-order chi connectivity index (χ1) is 16.9. The normalized spacial score (nSPS) is 15.6. The van der Waals surface area contributed by atoms with Gasteiger partial charge in [0.15, 0.2) is 5.43 Å². The molecule has 0 N–H and O–H groups in total. The Labute approximate surface area is 199 Å². The summed E-state index contributed by atoms with van der Waals surface area (Å²) in [5.74, 6) is 0. The van der Waals surface area contributed by atoms with E-state index in [9.17, 15) is 14.4 Å². The highest BCUT2D eigenvalue weighted by Gasteiger charge is 2.34. The second-order valence-electron chi connectivity index (χ2n) is 8.95. The van der Waals surface area contributed by atoms with Gasteiger partial charge in [-0.15, -0.1) is 0 Å². The van der Waals surface area contributed by atoms with Crippen LogP contribution in [0.5, 0.6) is 0 Å². The predicted octanol–water partition coefficient (Wildman–Crippen LogP) is 3.24. The molecule has 2 aromatic carbocycles. The van der Waals surface area contributed by atoms with Crippen molar-refractivity contribution in [1.82, 2.24) is 13.7 Å². The van der Waals surface area contributed by atoms with Gasteiger partial charge in [0, 0.05) is 20.6 Å². The molecule has 1 aliphatic rings. The lowest BCUT2D eigenvalue weighted by atomic mass is 10.0. The molecule has 0 aliphatic carbocycles. The molecule has 0 saturated carbocycles. The fourth-order valence-electron chi connectivity index (χ4n) is 5.18. The summed E-state index contributed by atoms with van der Waals surface area (Å²) in [5, 5.41) is 0.876. The molecular formula is C27H23N3O5. The number of hydrogen-bond donors (Lipinski definition) is 0. The molecular weight excluding hydrogens is 446 g/mol. The average molecular weight is 469 g/mol. The maximum absolute atomic E-state index is 13.5. The molecule has 3 aromatic heterocycles. The van der Waals surface area contributed by atoms with E-state index in [-0.39, 0.29) is 11.0 Å². The van der Waals surface area contributed by atoms with Crippen LogP contribution >= 0.6 is 0 Å². The smallest absolute Gasteiger partial charge is 0.331 e. The quantitative estimate of drug-likeness (QED) is 0.396. The summed E-state index contributed by atoms with van der Waals surface area (Å²) >= 11 is 0. The van der Waals surface area contributed by atoms with Crippen LogP contribution in [-0.2, 0) is 25.4 Å². The van der Waals surface area contributed by atoms with Crippen LogP contribution < -0.4 is 16.7 Å². The van der Waals surface area contributed by atoms with Crippen molar-refractivity contribution in [2.45, 2.75) is 19.6 Å². The molecule has 0 bridgehead atoms. The number of nitrogens with zero attached hydrogens (tertiary/aromatic N) is 3. The highest BCUT2D eigenvalue weighted by Crippen LogP contribution is 2.40. The third-order valence-electron chi connectivity index (χ3n) is 6.83. The predicted molar refractivity (Wildman–Crippen MR) is 133 cm³/mol. The van der Waals surface area contributed by atoms with E-state index in [2.05, 4.69) is 0 Å². The number of hydrogen-bond acceptors (Lipinski definition) is 5. The van der Waals surface area contributed by atoms with Crippen molar-refractivity contribution in [3.63, 3.8) is 0 Å². The van der Waals surface area contributed by atoms with E-state index < -0.39 is 11.8 Å².